The van der Waals surface area contributed by atoms with Crippen LogP contribution in [0.25, 0.3) is 0 Å². The van der Waals surface area contributed by atoms with Gasteiger partial charge in [0.15, 0.2) is 5.54 Å². The minimum atomic E-state index is -1.30. The maximum Gasteiger partial charge on any atom is 0.325 e. The number of hydrogen-bond donors (Lipinski definition) is 2. The molecule has 0 radical (unpaired) electrons. The summed E-state index contributed by atoms with van der Waals surface area (Å²) in [6.45, 7) is -0.0649. The van der Waals surface area contributed by atoms with E-state index in [0.29, 0.717) is 17.1 Å². The Balaban J connectivity index is 2.58. The Bertz CT molecular complexity index is 561. The molecule has 0 saturated carbocycles. The van der Waals surface area contributed by atoms with Crippen molar-refractivity contribution >= 4 is 11.9 Å². The molecule has 1 unspecified atom stereocenters. The minimum absolute atomic E-state index is 0.0649. The summed E-state index contributed by atoms with van der Waals surface area (Å²) in [6, 6.07) is 4.51. The summed E-state index contributed by atoms with van der Waals surface area (Å²) in [6.07, 6.45) is 0. The molecule has 1 atom stereocenters. The molecule has 0 bridgehead atoms. The van der Waals surface area contributed by atoms with E-state index in [9.17, 15) is 9.59 Å². The van der Waals surface area contributed by atoms with Crippen molar-refractivity contribution in [2.24, 2.45) is 5.73 Å². The summed E-state index contributed by atoms with van der Waals surface area (Å²) in [4.78, 5) is 25.1. The monoisotopic (exact) mass is 279 g/mol. The Labute approximate surface area is 116 Å². The van der Waals surface area contributed by atoms with Gasteiger partial charge in [0.25, 0.3) is 5.91 Å². The molecular formula is C13H17N3O4. The fraction of sp³-hybridized carbons (Fsp3) is 0.385. The van der Waals surface area contributed by atoms with Crippen LogP contribution in [0.1, 0.15) is 5.56 Å². The lowest BCUT2D eigenvalue weighted by molar-refractivity contribution is -0.130. The van der Waals surface area contributed by atoms with E-state index in [-0.39, 0.29) is 6.54 Å². The fourth-order valence-corrected chi connectivity index (χ4v) is 2.28. The molecule has 1 aromatic rings. The van der Waals surface area contributed by atoms with E-state index in [4.69, 9.17) is 15.2 Å². The van der Waals surface area contributed by atoms with Crippen LogP contribution in [-0.2, 0) is 10.3 Å². The third-order valence-electron chi connectivity index (χ3n) is 3.47. The summed E-state index contributed by atoms with van der Waals surface area (Å²) in [7, 11) is 4.42. The van der Waals surface area contributed by atoms with Gasteiger partial charge in [0.05, 0.1) is 14.2 Å². The van der Waals surface area contributed by atoms with Crippen molar-refractivity contribution in [3.8, 4) is 11.5 Å². The van der Waals surface area contributed by atoms with Crippen molar-refractivity contribution in [3.05, 3.63) is 23.8 Å². The molecule has 20 heavy (non-hydrogen) atoms. The summed E-state index contributed by atoms with van der Waals surface area (Å²) >= 11 is 0. The number of hydrogen-bond acceptors (Lipinski definition) is 5. The van der Waals surface area contributed by atoms with E-state index >= 15 is 0 Å². The highest BCUT2D eigenvalue weighted by Crippen LogP contribution is 2.36. The van der Waals surface area contributed by atoms with Crippen LogP contribution in [0.15, 0.2) is 18.2 Å². The van der Waals surface area contributed by atoms with Crippen molar-refractivity contribution in [2.45, 2.75) is 5.54 Å². The Kier molecular flexibility index (Phi) is 3.54. The zero-order chi connectivity index (χ0) is 14.9. The molecule has 3 N–H and O–H groups in total. The molecule has 0 spiro atoms. The van der Waals surface area contributed by atoms with Gasteiger partial charge >= 0.3 is 6.03 Å². The number of carbonyl (C=O) groups is 2. The number of carbonyl (C=O) groups excluding carboxylic acids is 2. The molecule has 0 aliphatic carbocycles. The van der Waals surface area contributed by atoms with E-state index in [1.165, 1.54) is 21.3 Å². The summed E-state index contributed by atoms with van der Waals surface area (Å²) in [5, 5.41) is 2.64. The van der Waals surface area contributed by atoms with Crippen LogP contribution in [0, 0.1) is 0 Å². The highest BCUT2D eigenvalue weighted by molar-refractivity contribution is 6.07. The van der Waals surface area contributed by atoms with Crippen LogP contribution in [0.2, 0.25) is 0 Å². The van der Waals surface area contributed by atoms with Gasteiger partial charge in [-0.25, -0.2) is 4.79 Å². The smallest absolute Gasteiger partial charge is 0.325 e. The van der Waals surface area contributed by atoms with Crippen LogP contribution in [0.5, 0.6) is 11.5 Å². The van der Waals surface area contributed by atoms with Crippen LogP contribution >= 0.6 is 0 Å². The molecule has 1 aliphatic heterocycles. The van der Waals surface area contributed by atoms with Gasteiger partial charge in [0, 0.05) is 25.2 Å². The van der Waals surface area contributed by atoms with E-state index in [1.807, 2.05) is 0 Å². The fourth-order valence-electron chi connectivity index (χ4n) is 2.28. The number of nitrogens with two attached hydrogens (primary N) is 1. The Morgan fingerprint density at radius 1 is 1.30 bits per heavy atom. The predicted molar refractivity (Wildman–Crippen MR) is 71.6 cm³/mol. The SMILES string of the molecule is COc1ccc(C2(CN)NC(=O)N(C)C2=O)c(OC)c1. The van der Waals surface area contributed by atoms with Crippen molar-refractivity contribution in [3.63, 3.8) is 0 Å². The lowest BCUT2D eigenvalue weighted by Crippen LogP contribution is -2.50. The van der Waals surface area contributed by atoms with Crippen LogP contribution in [0.3, 0.4) is 0 Å². The maximum atomic E-state index is 12.4. The van der Waals surface area contributed by atoms with Crippen molar-refractivity contribution < 1.29 is 19.1 Å². The van der Waals surface area contributed by atoms with Crippen molar-refractivity contribution in [1.29, 1.82) is 0 Å². The molecular weight excluding hydrogens is 262 g/mol. The normalized spacial score (nSPS) is 21.9. The molecule has 3 amide bonds. The van der Waals surface area contributed by atoms with E-state index in [2.05, 4.69) is 5.32 Å². The number of benzene rings is 1. The van der Waals surface area contributed by atoms with Gasteiger partial charge in [0.2, 0.25) is 0 Å². The summed E-state index contributed by atoms with van der Waals surface area (Å²) < 4.78 is 10.4. The second-order valence-corrected chi connectivity index (χ2v) is 4.47. The molecule has 0 aromatic heterocycles. The standard InChI is InChI=1S/C13H17N3O4/c1-16-11(17)13(7-14,15-12(16)18)9-5-4-8(19-2)6-10(9)20-3/h4-6H,7,14H2,1-3H3,(H,15,18). The zero-order valence-electron chi connectivity index (χ0n) is 11.6. The molecule has 1 fully saturated rings. The van der Waals surface area contributed by atoms with Crippen LogP contribution in [-0.4, -0.2) is 44.7 Å². The highest BCUT2D eigenvalue weighted by atomic mass is 16.5. The average molecular weight is 279 g/mol. The number of nitrogens with zero attached hydrogens (tertiary/aromatic N) is 1. The number of methoxy groups -OCH3 is 2. The minimum Gasteiger partial charge on any atom is -0.497 e. The van der Waals surface area contributed by atoms with Gasteiger partial charge in [-0.15, -0.1) is 0 Å². The molecule has 1 saturated heterocycles. The number of nitrogens with one attached hydrogen (secondary N) is 1. The van der Waals surface area contributed by atoms with Gasteiger partial charge < -0.3 is 20.5 Å². The first-order valence-electron chi connectivity index (χ1n) is 6.03. The lowest BCUT2D eigenvalue weighted by Gasteiger charge is -2.27. The second kappa shape index (κ2) is 5.01. The zero-order valence-corrected chi connectivity index (χ0v) is 11.6. The lowest BCUT2D eigenvalue weighted by atomic mass is 9.89. The third kappa shape index (κ3) is 1.87. The van der Waals surface area contributed by atoms with Crippen molar-refractivity contribution in [1.82, 2.24) is 10.2 Å². The predicted octanol–water partition coefficient (Wildman–Crippen LogP) is 0.0394. The average Bonchev–Trinajstić information content (AvgIpc) is 2.71. The number of likely N-dealkylation sites (N-methyl/N-ethyl adjacent to an activating group) is 1. The number of urea groups is 1. The molecule has 2 rings (SSSR count). The molecule has 1 aromatic carbocycles. The number of amides is 3. The molecule has 108 valence electrons. The first-order chi connectivity index (χ1) is 9.50. The first-order valence-corrected chi connectivity index (χ1v) is 6.03. The largest absolute Gasteiger partial charge is 0.497 e. The number of rotatable bonds is 4. The van der Waals surface area contributed by atoms with E-state index in [1.54, 1.807) is 18.2 Å². The van der Waals surface area contributed by atoms with Crippen LogP contribution in [0.4, 0.5) is 4.79 Å². The maximum absolute atomic E-state index is 12.4. The Morgan fingerprint density at radius 2 is 2.00 bits per heavy atom. The molecule has 7 nitrogen and oxygen atoms in total. The Hall–Kier alpha value is -2.28. The number of ether oxygens (including phenoxy) is 2. The topological polar surface area (TPSA) is 93.9 Å². The van der Waals surface area contributed by atoms with Gasteiger partial charge in [-0.2, -0.15) is 0 Å². The van der Waals surface area contributed by atoms with Crippen LogP contribution < -0.4 is 20.5 Å². The molecule has 1 aliphatic rings. The van der Waals surface area contributed by atoms with Gasteiger partial charge in [0.1, 0.15) is 11.5 Å². The first kappa shape index (κ1) is 14.1. The third-order valence-corrected chi connectivity index (χ3v) is 3.47. The summed E-state index contributed by atoms with van der Waals surface area (Å²) in [5.74, 6) is 0.607. The molecule has 7 heteroatoms. The van der Waals surface area contributed by atoms with E-state index in [0.717, 1.165) is 4.90 Å². The highest BCUT2D eigenvalue weighted by Gasteiger charge is 2.51. The summed E-state index contributed by atoms with van der Waals surface area (Å²) in [5.41, 5.74) is 4.96. The van der Waals surface area contributed by atoms with Gasteiger partial charge in [-0.05, 0) is 12.1 Å². The number of imide groups is 1. The molecule has 1 heterocycles. The second-order valence-electron chi connectivity index (χ2n) is 4.47. The Morgan fingerprint density at radius 3 is 2.45 bits per heavy atom. The van der Waals surface area contributed by atoms with E-state index < -0.39 is 17.5 Å². The van der Waals surface area contributed by atoms with Gasteiger partial charge in [-0.3, -0.25) is 9.69 Å². The van der Waals surface area contributed by atoms with Crippen molar-refractivity contribution in [2.75, 3.05) is 27.8 Å². The van der Waals surface area contributed by atoms with Gasteiger partial charge in [-0.1, -0.05) is 0 Å². The quantitative estimate of drug-likeness (QED) is 0.759.